The van der Waals surface area contributed by atoms with Crippen molar-refractivity contribution in [3.05, 3.63) is 86.6 Å². The third-order valence-corrected chi connectivity index (χ3v) is 6.75. The molecule has 0 saturated heterocycles. The lowest BCUT2D eigenvalue weighted by Gasteiger charge is -2.33. The first-order chi connectivity index (χ1) is 16.5. The van der Waals surface area contributed by atoms with Crippen molar-refractivity contribution in [1.29, 1.82) is 0 Å². The molecule has 7 nitrogen and oxygen atoms in total. The third-order valence-electron chi connectivity index (χ3n) is 5.81. The molecule has 3 heterocycles. The van der Waals surface area contributed by atoms with Crippen LogP contribution >= 0.6 is 22.9 Å². The Morgan fingerprint density at radius 1 is 1.06 bits per heavy atom. The van der Waals surface area contributed by atoms with Crippen LogP contribution in [0.2, 0.25) is 5.15 Å². The lowest BCUT2D eigenvalue weighted by atomic mass is 10.1. The number of fused-ring (bicyclic) bond motifs is 1. The van der Waals surface area contributed by atoms with Gasteiger partial charge in [0.2, 0.25) is 0 Å². The second-order valence-corrected chi connectivity index (χ2v) is 9.76. The molecule has 9 heteroatoms. The van der Waals surface area contributed by atoms with Crippen LogP contribution in [0.5, 0.6) is 0 Å². The summed E-state index contributed by atoms with van der Waals surface area (Å²) >= 11 is 7.42. The van der Waals surface area contributed by atoms with Crippen LogP contribution in [-0.2, 0) is 13.1 Å². The van der Waals surface area contributed by atoms with E-state index in [1.165, 1.54) is 11.3 Å². The van der Waals surface area contributed by atoms with Crippen molar-refractivity contribution < 1.29 is 0 Å². The van der Waals surface area contributed by atoms with E-state index < -0.39 is 0 Å². The third kappa shape index (κ3) is 5.70. The zero-order valence-corrected chi connectivity index (χ0v) is 21.3. The van der Waals surface area contributed by atoms with Crippen LogP contribution in [0.3, 0.4) is 0 Å². The van der Waals surface area contributed by atoms with E-state index >= 15 is 0 Å². The zero-order chi connectivity index (χ0) is 24.1. The number of hydrogen-bond donors (Lipinski definition) is 0. The summed E-state index contributed by atoms with van der Waals surface area (Å²) in [6, 6.07) is 13.8. The molecule has 178 valence electrons. The first kappa shape index (κ1) is 24.5. The van der Waals surface area contributed by atoms with E-state index in [2.05, 4.69) is 40.8 Å². The highest BCUT2D eigenvalue weighted by atomic mass is 35.5. The van der Waals surface area contributed by atoms with Crippen molar-refractivity contribution in [3.63, 3.8) is 0 Å². The molecule has 0 fully saturated rings. The van der Waals surface area contributed by atoms with E-state index in [9.17, 15) is 4.79 Å². The highest BCUT2D eigenvalue weighted by molar-refractivity contribution is 7.16. The number of aromatic nitrogens is 4. The molecule has 1 aromatic carbocycles. The molecule has 0 saturated carbocycles. The average Bonchev–Trinajstić information content (AvgIpc) is 3.31. The van der Waals surface area contributed by atoms with E-state index in [0.29, 0.717) is 28.6 Å². The second-order valence-electron chi connectivity index (χ2n) is 8.54. The Labute approximate surface area is 208 Å². The molecule has 3 aromatic heterocycles. The predicted molar refractivity (Wildman–Crippen MR) is 138 cm³/mol. The first-order valence-corrected chi connectivity index (χ1v) is 12.6. The summed E-state index contributed by atoms with van der Waals surface area (Å²) in [5, 5.41) is 0.477. The quantitative estimate of drug-likeness (QED) is 0.302. The minimum Gasteiger partial charge on any atom is -0.308 e. The maximum Gasteiger partial charge on any atom is 0.281 e. The highest BCUT2D eigenvalue weighted by Crippen LogP contribution is 2.27. The van der Waals surface area contributed by atoms with Gasteiger partial charge in [0.05, 0.1) is 18.1 Å². The maximum atomic E-state index is 13.5. The minimum absolute atomic E-state index is 0.0569. The number of thiazole rings is 1. The Hall–Kier alpha value is -2.65. The Morgan fingerprint density at radius 2 is 1.85 bits per heavy atom. The lowest BCUT2D eigenvalue weighted by Crippen LogP contribution is -2.38. The number of halogens is 1. The Kier molecular flexibility index (Phi) is 8.05. The van der Waals surface area contributed by atoms with Crippen molar-refractivity contribution in [3.8, 4) is 0 Å². The van der Waals surface area contributed by atoms with Crippen LogP contribution in [0.15, 0.2) is 59.0 Å². The summed E-state index contributed by atoms with van der Waals surface area (Å²) in [7, 11) is 4.13. The van der Waals surface area contributed by atoms with E-state index in [4.69, 9.17) is 16.6 Å². The number of pyridine rings is 1. The summed E-state index contributed by atoms with van der Waals surface area (Å²) in [5.41, 5.74) is 4.15. The van der Waals surface area contributed by atoms with Gasteiger partial charge in [-0.15, -0.1) is 11.3 Å². The highest BCUT2D eigenvalue weighted by Gasteiger charge is 2.26. The van der Waals surface area contributed by atoms with Crippen molar-refractivity contribution in [1.82, 2.24) is 29.3 Å². The molecule has 0 aliphatic carbocycles. The van der Waals surface area contributed by atoms with Crippen LogP contribution in [0.1, 0.15) is 36.3 Å². The molecule has 0 aliphatic rings. The molecule has 1 atom stereocenters. The molecule has 0 spiro atoms. The summed E-state index contributed by atoms with van der Waals surface area (Å²) in [6.45, 7) is 4.97. The van der Waals surface area contributed by atoms with Crippen LogP contribution in [-0.4, -0.2) is 56.5 Å². The zero-order valence-electron chi connectivity index (χ0n) is 19.7. The number of likely N-dealkylation sites (N-methyl/N-ethyl adjacent to an activating group) is 1. The van der Waals surface area contributed by atoms with Gasteiger partial charge in [0.25, 0.3) is 5.56 Å². The van der Waals surface area contributed by atoms with Gasteiger partial charge in [0.1, 0.15) is 11.0 Å². The average molecular weight is 497 g/mol. The second kappa shape index (κ2) is 11.2. The fourth-order valence-corrected chi connectivity index (χ4v) is 4.82. The Bertz CT molecular complexity index is 1270. The van der Waals surface area contributed by atoms with E-state index in [0.717, 1.165) is 36.5 Å². The molecule has 4 aromatic rings. The Morgan fingerprint density at radius 3 is 2.53 bits per heavy atom. The van der Waals surface area contributed by atoms with Gasteiger partial charge in [0.15, 0.2) is 10.3 Å². The predicted octanol–water partition coefficient (Wildman–Crippen LogP) is 4.46. The van der Waals surface area contributed by atoms with Gasteiger partial charge >= 0.3 is 0 Å². The van der Waals surface area contributed by atoms with Crippen LogP contribution in [0, 0.1) is 0 Å². The van der Waals surface area contributed by atoms with Gasteiger partial charge in [-0.1, -0.05) is 54.9 Å². The van der Waals surface area contributed by atoms with Crippen molar-refractivity contribution in [2.75, 3.05) is 27.2 Å². The summed E-state index contributed by atoms with van der Waals surface area (Å²) < 4.78 is 1.80. The largest absolute Gasteiger partial charge is 0.308 e. The number of nitrogens with zero attached hydrogens (tertiary/aromatic N) is 6. The summed E-state index contributed by atoms with van der Waals surface area (Å²) in [4.78, 5) is 32.3. The fourth-order valence-electron chi connectivity index (χ4n) is 4.05. The van der Waals surface area contributed by atoms with Gasteiger partial charge in [-0.3, -0.25) is 14.3 Å². The van der Waals surface area contributed by atoms with Crippen molar-refractivity contribution >= 4 is 33.3 Å². The van der Waals surface area contributed by atoms with Crippen LogP contribution in [0.4, 0.5) is 0 Å². The summed E-state index contributed by atoms with van der Waals surface area (Å²) in [6.07, 6.45) is 2.62. The monoisotopic (exact) mass is 496 g/mol. The normalized spacial score (nSPS) is 12.6. The smallest absolute Gasteiger partial charge is 0.281 e. The van der Waals surface area contributed by atoms with Crippen molar-refractivity contribution in [2.24, 2.45) is 0 Å². The standard InChI is InChI=1S/C25H29ClN6OS/c1-4-20(31(13-12-30(2)3)15-19-10-11-21(26)27-14-19)23-29-24-22(28-17-34-24)25(33)32(23)16-18-8-6-5-7-9-18/h5-11,14,17,20H,4,12-13,15-16H2,1-3H3. The van der Waals surface area contributed by atoms with Crippen molar-refractivity contribution in [2.45, 2.75) is 32.5 Å². The molecule has 34 heavy (non-hydrogen) atoms. The lowest BCUT2D eigenvalue weighted by molar-refractivity contribution is 0.155. The van der Waals surface area contributed by atoms with E-state index in [1.807, 2.05) is 48.7 Å². The number of benzene rings is 1. The molecule has 0 N–H and O–H groups in total. The topological polar surface area (TPSA) is 67.2 Å². The van der Waals surface area contributed by atoms with Gasteiger partial charge in [-0.05, 0) is 37.7 Å². The minimum atomic E-state index is -0.0933. The van der Waals surface area contributed by atoms with Gasteiger partial charge in [0, 0.05) is 25.8 Å². The molecule has 4 rings (SSSR count). The van der Waals surface area contributed by atoms with Gasteiger partial charge < -0.3 is 4.90 Å². The molecule has 0 bridgehead atoms. The number of rotatable bonds is 10. The fraction of sp³-hybridized carbons (Fsp3) is 0.360. The molecule has 0 radical (unpaired) electrons. The van der Waals surface area contributed by atoms with Gasteiger partial charge in [-0.2, -0.15) is 0 Å². The molecule has 0 aliphatic heterocycles. The maximum absolute atomic E-state index is 13.5. The molecular weight excluding hydrogens is 468 g/mol. The van der Waals surface area contributed by atoms with Crippen LogP contribution in [0.25, 0.3) is 10.3 Å². The van der Waals surface area contributed by atoms with E-state index in [-0.39, 0.29) is 11.6 Å². The Balaban J connectivity index is 1.79. The van der Waals surface area contributed by atoms with Crippen LogP contribution < -0.4 is 5.56 Å². The summed E-state index contributed by atoms with van der Waals surface area (Å²) in [5.74, 6) is 0.772. The SMILES string of the molecule is CCC(c1nc2scnc2c(=O)n1Cc1ccccc1)N(CCN(C)C)Cc1ccc(Cl)nc1. The van der Waals surface area contributed by atoms with E-state index in [1.54, 1.807) is 10.1 Å². The molecule has 1 unspecified atom stereocenters. The molecular formula is C25H29ClN6OS. The van der Waals surface area contributed by atoms with Gasteiger partial charge in [-0.25, -0.2) is 15.0 Å². The first-order valence-electron chi connectivity index (χ1n) is 11.3. The molecule has 0 amide bonds. The number of hydrogen-bond acceptors (Lipinski definition) is 7.